The second-order valence-electron chi connectivity index (χ2n) is 6.44. The van der Waals surface area contributed by atoms with Gasteiger partial charge in [-0.15, -0.1) is 0 Å². The molecule has 1 atom stereocenters. The number of β-amino-alcohol motifs (C(OH)–C–C–N with tert-alkyl or cyclic N) is 1. The number of nitrogens with one attached hydrogen (secondary N) is 1. The second-order valence-corrected chi connectivity index (χ2v) is 6.44. The maximum atomic E-state index is 11.9. The summed E-state index contributed by atoms with van der Waals surface area (Å²) in [5, 5.41) is 12.6. The minimum absolute atomic E-state index is 0.0267. The molecule has 0 radical (unpaired) electrons. The Morgan fingerprint density at radius 1 is 1.39 bits per heavy atom. The Labute approximate surface area is 138 Å². The first-order valence-corrected chi connectivity index (χ1v) is 8.45. The highest BCUT2D eigenvalue weighted by atomic mass is 16.5. The van der Waals surface area contributed by atoms with Crippen LogP contribution in [0.1, 0.15) is 32.3 Å². The summed E-state index contributed by atoms with van der Waals surface area (Å²) in [6.07, 6.45) is 2.49. The molecule has 1 heterocycles. The zero-order chi connectivity index (χ0) is 16.7. The van der Waals surface area contributed by atoms with Crippen molar-refractivity contribution in [1.82, 2.24) is 10.2 Å². The molecule has 0 aliphatic carbocycles. The normalized spacial score (nSPS) is 18.9. The van der Waals surface area contributed by atoms with Crippen LogP contribution in [0, 0.1) is 0 Å². The van der Waals surface area contributed by atoms with Crippen molar-refractivity contribution in [1.29, 1.82) is 0 Å². The van der Waals surface area contributed by atoms with Crippen LogP contribution in [0.4, 0.5) is 0 Å². The zero-order valence-electron chi connectivity index (χ0n) is 14.1. The number of likely N-dealkylation sites (tertiary alicyclic amines) is 1. The van der Waals surface area contributed by atoms with Crippen molar-refractivity contribution >= 4 is 5.91 Å². The lowest BCUT2D eigenvalue weighted by molar-refractivity contribution is -0.122. The van der Waals surface area contributed by atoms with Gasteiger partial charge in [-0.25, -0.2) is 0 Å². The standard InChI is InChI=1S/C18H28N2O3/c1-14(2)23-17-7-5-15(6-8-17)9-10-19-18(22)13-20-11-3-4-16(21)12-20/h5-8,14,16,21H,3-4,9-13H2,1-2H3,(H,19,22). The third-order valence-corrected chi connectivity index (χ3v) is 3.88. The van der Waals surface area contributed by atoms with E-state index in [0.29, 0.717) is 19.6 Å². The highest BCUT2D eigenvalue weighted by Crippen LogP contribution is 2.14. The molecule has 1 aromatic carbocycles. The average molecular weight is 320 g/mol. The van der Waals surface area contributed by atoms with Gasteiger partial charge >= 0.3 is 0 Å². The maximum absolute atomic E-state index is 11.9. The third kappa shape index (κ3) is 6.59. The van der Waals surface area contributed by atoms with Gasteiger partial charge in [0.2, 0.25) is 5.91 Å². The molecule has 1 fully saturated rings. The first-order chi connectivity index (χ1) is 11.0. The van der Waals surface area contributed by atoms with Gasteiger partial charge in [0.1, 0.15) is 5.75 Å². The van der Waals surface area contributed by atoms with E-state index in [-0.39, 0.29) is 18.1 Å². The van der Waals surface area contributed by atoms with Crippen LogP contribution in [-0.2, 0) is 11.2 Å². The number of carbonyl (C=O) groups excluding carboxylic acids is 1. The molecular formula is C18H28N2O3. The van der Waals surface area contributed by atoms with Crippen molar-refractivity contribution in [3.63, 3.8) is 0 Å². The van der Waals surface area contributed by atoms with Gasteiger partial charge in [-0.1, -0.05) is 12.1 Å². The predicted molar refractivity (Wildman–Crippen MR) is 90.6 cm³/mol. The first kappa shape index (κ1) is 17.8. The van der Waals surface area contributed by atoms with Crippen LogP contribution in [0.3, 0.4) is 0 Å². The van der Waals surface area contributed by atoms with Crippen molar-refractivity contribution in [3.05, 3.63) is 29.8 Å². The van der Waals surface area contributed by atoms with E-state index in [2.05, 4.69) is 5.32 Å². The van der Waals surface area contributed by atoms with Crippen LogP contribution in [-0.4, -0.2) is 54.3 Å². The third-order valence-electron chi connectivity index (χ3n) is 3.88. The summed E-state index contributed by atoms with van der Waals surface area (Å²) >= 11 is 0. The SMILES string of the molecule is CC(C)Oc1ccc(CCNC(=O)CN2CCCC(O)C2)cc1. The van der Waals surface area contributed by atoms with E-state index in [1.54, 1.807) is 0 Å². The van der Waals surface area contributed by atoms with Gasteiger partial charge < -0.3 is 15.2 Å². The van der Waals surface area contributed by atoms with E-state index in [4.69, 9.17) is 4.74 Å². The van der Waals surface area contributed by atoms with E-state index >= 15 is 0 Å². The molecule has 1 aliphatic heterocycles. The largest absolute Gasteiger partial charge is 0.491 e. The summed E-state index contributed by atoms with van der Waals surface area (Å²) in [5.41, 5.74) is 1.18. The molecule has 0 saturated carbocycles. The Morgan fingerprint density at radius 3 is 2.78 bits per heavy atom. The summed E-state index contributed by atoms with van der Waals surface area (Å²) in [5.74, 6) is 0.898. The van der Waals surface area contributed by atoms with Crippen molar-refractivity contribution in [2.45, 2.75) is 45.3 Å². The number of aliphatic hydroxyl groups is 1. The van der Waals surface area contributed by atoms with Crippen LogP contribution in [0.2, 0.25) is 0 Å². The van der Waals surface area contributed by atoms with Crippen LogP contribution in [0.15, 0.2) is 24.3 Å². The molecule has 128 valence electrons. The van der Waals surface area contributed by atoms with Gasteiger partial charge in [0.25, 0.3) is 0 Å². The molecule has 5 nitrogen and oxygen atoms in total. The first-order valence-electron chi connectivity index (χ1n) is 8.45. The van der Waals surface area contributed by atoms with Gasteiger partial charge in [-0.2, -0.15) is 0 Å². The molecule has 0 bridgehead atoms. The Hall–Kier alpha value is -1.59. The molecule has 1 unspecified atom stereocenters. The lowest BCUT2D eigenvalue weighted by Crippen LogP contribution is -2.44. The number of nitrogens with zero attached hydrogens (tertiary/aromatic N) is 1. The minimum atomic E-state index is -0.289. The molecule has 1 aliphatic rings. The smallest absolute Gasteiger partial charge is 0.234 e. The number of ether oxygens (including phenoxy) is 1. The summed E-state index contributed by atoms with van der Waals surface area (Å²) in [6, 6.07) is 7.99. The van der Waals surface area contributed by atoms with Crippen LogP contribution >= 0.6 is 0 Å². The summed E-state index contributed by atoms with van der Waals surface area (Å²) in [6.45, 7) is 6.50. The number of hydrogen-bond donors (Lipinski definition) is 2. The van der Waals surface area contributed by atoms with Crippen molar-refractivity contribution in [2.75, 3.05) is 26.2 Å². The zero-order valence-corrected chi connectivity index (χ0v) is 14.1. The summed E-state index contributed by atoms with van der Waals surface area (Å²) in [4.78, 5) is 13.9. The molecule has 1 aromatic rings. The number of benzene rings is 1. The quantitative estimate of drug-likeness (QED) is 0.801. The van der Waals surface area contributed by atoms with E-state index in [1.807, 2.05) is 43.0 Å². The minimum Gasteiger partial charge on any atom is -0.491 e. The van der Waals surface area contributed by atoms with Gasteiger partial charge in [0.05, 0.1) is 18.8 Å². The monoisotopic (exact) mass is 320 g/mol. The Balaban J connectivity index is 1.66. The molecule has 5 heteroatoms. The Kier molecular flexibility index (Phi) is 6.86. The van der Waals surface area contributed by atoms with Crippen LogP contribution in [0.5, 0.6) is 5.75 Å². The molecule has 2 N–H and O–H groups in total. The topological polar surface area (TPSA) is 61.8 Å². The van der Waals surface area contributed by atoms with Crippen molar-refractivity contribution in [3.8, 4) is 5.75 Å². The average Bonchev–Trinajstić information content (AvgIpc) is 2.48. The van der Waals surface area contributed by atoms with Gasteiger partial charge in [0, 0.05) is 13.1 Å². The van der Waals surface area contributed by atoms with Crippen molar-refractivity contribution < 1.29 is 14.6 Å². The number of aliphatic hydroxyl groups excluding tert-OH is 1. The fraction of sp³-hybridized carbons (Fsp3) is 0.611. The highest BCUT2D eigenvalue weighted by molar-refractivity contribution is 5.78. The lowest BCUT2D eigenvalue weighted by atomic mass is 10.1. The van der Waals surface area contributed by atoms with Gasteiger partial charge in [-0.3, -0.25) is 9.69 Å². The number of rotatable bonds is 7. The second kappa shape index (κ2) is 8.89. The van der Waals surface area contributed by atoms with Crippen molar-refractivity contribution in [2.24, 2.45) is 0 Å². The van der Waals surface area contributed by atoms with E-state index in [1.165, 1.54) is 5.56 Å². The fourth-order valence-corrected chi connectivity index (χ4v) is 2.79. The number of carbonyl (C=O) groups is 1. The van der Waals surface area contributed by atoms with E-state index < -0.39 is 0 Å². The summed E-state index contributed by atoms with van der Waals surface area (Å²) < 4.78 is 5.61. The Morgan fingerprint density at radius 2 is 2.13 bits per heavy atom. The number of hydrogen-bond acceptors (Lipinski definition) is 4. The maximum Gasteiger partial charge on any atom is 0.234 e. The molecule has 2 rings (SSSR count). The molecule has 23 heavy (non-hydrogen) atoms. The van der Waals surface area contributed by atoms with E-state index in [9.17, 15) is 9.90 Å². The van der Waals surface area contributed by atoms with E-state index in [0.717, 1.165) is 31.6 Å². The Bertz CT molecular complexity index is 488. The lowest BCUT2D eigenvalue weighted by Gasteiger charge is -2.29. The highest BCUT2D eigenvalue weighted by Gasteiger charge is 2.19. The summed E-state index contributed by atoms with van der Waals surface area (Å²) in [7, 11) is 0. The molecule has 0 aromatic heterocycles. The van der Waals surface area contributed by atoms with Crippen LogP contribution in [0.25, 0.3) is 0 Å². The number of piperidine rings is 1. The molecule has 1 amide bonds. The number of amides is 1. The predicted octanol–water partition coefficient (Wildman–Crippen LogP) is 1.59. The molecule has 1 saturated heterocycles. The van der Waals surface area contributed by atoms with Crippen LogP contribution < -0.4 is 10.1 Å². The molecular weight excluding hydrogens is 292 g/mol. The van der Waals surface area contributed by atoms with Gasteiger partial charge in [-0.05, 0) is 57.4 Å². The van der Waals surface area contributed by atoms with Gasteiger partial charge in [0.15, 0.2) is 0 Å². The fourth-order valence-electron chi connectivity index (χ4n) is 2.79. The molecule has 0 spiro atoms.